The van der Waals surface area contributed by atoms with Crippen molar-refractivity contribution >= 4 is 34.6 Å². The molecule has 0 aliphatic carbocycles. The van der Waals surface area contributed by atoms with Gasteiger partial charge >= 0.3 is 0 Å². The van der Waals surface area contributed by atoms with Crippen LogP contribution in [0.1, 0.15) is 23.9 Å². The maximum absolute atomic E-state index is 6.19. The molecule has 4 aromatic rings. The summed E-state index contributed by atoms with van der Waals surface area (Å²) in [6.45, 7) is 3.03. The Morgan fingerprint density at radius 1 is 1.14 bits per heavy atom. The first kappa shape index (κ1) is 19.5. The molecule has 0 aliphatic rings. The van der Waals surface area contributed by atoms with Gasteiger partial charge in [0, 0.05) is 17.0 Å². The highest BCUT2D eigenvalue weighted by atomic mass is 35.5. The summed E-state index contributed by atoms with van der Waals surface area (Å²) in [4.78, 5) is 0. The number of aromatic amines is 1. The van der Waals surface area contributed by atoms with E-state index in [9.17, 15) is 0 Å². The summed E-state index contributed by atoms with van der Waals surface area (Å²) in [5.74, 6) is 1.68. The molecule has 0 amide bonds. The van der Waals surface area contributed by atoms with Gasteiger partial charge in [-0.25, -0.2) is 4.68 Å². The molecular weight excluding hydrogens is 404 g/mol. The number of nitrogens with zero attached hydrogens (tertiary/aromatic N) is 2. The molecule has 0 atom stereocenters. The quantitative estimate of drug-likeness (QED) is 0.377. The Bertz CT molecular complexity index is 1200. The maximum atomic E-state index is 6.19. The number of hydrogen-bond donors (Lipinski definition) is 2. The summed E-state index contributed by atoms with van der Waals surface area (Å²) in [6.07, 6.45) is 0.772. The van der Waals surface area contributed by atoms with Crippen molar-refractivity contribution in [2.24, 2.45) is 0 Å². The molecule has 2 N–H and O–H groups in total. The second kappa shape index (κ2) is 8.68. The van der Waals surface area contributed by atoms with Crippen LogP contribution in [0.3, 0.4) is 0 Å². The molecule has 1 aromatic heterocycles. The van der Waals surface area contributed by atoms with Crippen LogP contribution in [0, 0.1) is 4.77 Å². The Balaban J connectivity index is 1.65. The Morgan fingerprint density at radius 3 is 2.83 bits per heavy atom. The van der Waals surface area contributed by atoms with Gasteiger partial charge in [-0.3, -0.25) is 5.10 Å². The van der Waals surface area contributed by atoms with Crippen molar-refractivity contribution in [1.82, 2.24) is 14.9 Å². The minimum Gasteiger partial charge on any atom is -0.489 e. The Kier molecular flexibility index (Phi) is 5.83. The lowest BCUT2D eigenvalue weighted by Gasteiger charge is -2.16. The van der Waals surface area contributed by atoms with Crippen molar-refractivity contribution in [3.8, 4) is 5.75 Å². The number of benzene rings is 3. The Morgan fingerprint density at radius 2 is 2.00 bits per heavy atom. The first-order valence-corrected chi connectivity index (χ1v) is 10.2. The van der Waals surface area contributed by atoms with E-state index < -0.39 is 0 Å². The molecule has 4 rings (SSSR count). The summed E-state index contributed by atoms with van der Waals surface area (Å²) in [5.41, 5.74) is 5.47. The van der Waals surface area contributed by atoms with E-state index in [1.54, 1.807) is 0 Å². The van der Waals surface area contributed by atoms with Crippen LogP contribution in [-0.4, -0.2) is 14.9 Å². The number of fused-ring (bicyclic) bond motifs is 1. The fourth-order valence-corrected chi connectivity index (χ4v) is 3.74. The number of hydrogen-bond acceptors (Lipinski definition) is 4. The van der Waals surface area contributed by atoms with Crippen molar-refractivity contribution in [2.45, 2.75) is 26.5 Å². The lowest BCUT2D eigenvalue weighted by Crippen LogP contribution is -2.18. The van der Waals surface area contributed by atoms with Crippen molar-refractivity contribution in [3.63, 3.8) is 0 Å². The monoisotopic (exact) mass is 424 g/mol. The van der Waals surface area contributed by atoms with Crippen LogP contribution < -0.4 is 10.2 Å². The molecular formula is C22H21ClN4OS. The molecule has 0 radical (unpaired) electrons. The predicted molar refractivity (Wildman–Crippen MR) is 120 cm³/mol. The van der Waals surface area contributed by atoms with E-state index in [1.807, 2.05) is 54.1 Å². The van der Waals surface area contributed by atoms with Gasteiger partial charge in [-0.15, -0.1) is 0 Å². The van der Waals surface area contributed by atoms with Gasteiger partial charge < -0.3 is 10.2 Å². The van der Waals surface area contributed by atoms with Gasteiger partial charge in [0.2, 0.25) is 4.77 Å². The van der Waals surface area contributed by atoms with Gasteiger partial charge in [0.1, 0.15) is 12.4 Å². The molecule has 0 spiro atoms. The van der Waals surface area contributed by atoms with Crippen molar-refractivity contribution in [3.05, 3.63) is 87.4 Å². The number of H-pyrrole nitrogens is 1. The van der Waals surface area contributed by atoms with E-state index in [2.05, 4.69) is 33.8 Å². The zero-order valence-corrected chi connectivity index (χ0v) is 17.6. The SMILES string of the molecule is CCc1n[nH]c(=S)n1NCc1c(OCc2cccc(Cl)c2)ccc2ccccc12. The number of ether oxygens (including phenoxy) is 1. The summed E-state index contributed by atoms with van der Waals surface area (Å²) in [7, 11) is 0. The van der Waals surface area contributed by atoms with Gasteiger partial charge in [-0.2, -0.15) is 5.10 Å². The maximum Gasteiger partial charge on any atom is 0.214 e. The molecule has 0 saturated carbocycles. The van der Waals surface area contributed by atoms with Gasteiger partial charge in [0.15, 0.2) is 5.82 Å². The highest BCUT2D eigenvalue weighted by molar-refractivity contribution is 7.71. The third kappa shape index (κ3) is 4.28. The third-order valence-electron chi connectivity index (χ3n) is 4.75. The first-order chi connectivity index (χ1) is 14.2. The molecule has 0 saturated heterocycles. The smallest absolute Gasteiger partial charge is 0.214 e. The molecule has 0 unspecified atom stereocenters. The van der Waals surface area contributed by atoms with Crippen molar-refractivity contribution in [1.29, 1.82) is 0 Å². The molecule has 1 heterocycles. The molecule has 3 aromatic carbocycles. The van der Waals surface area contributed by atoms with E-state index in [1.165, 1.54) is 0 Å². The van der Waals surface area contributed by atoms with Crippen LogP contribution in [0.2, 0.25) is 5.02 Å². The lowest BCUT2D eigenvalue weighted by molar-refractivity contribution is 0.303. The van der Waals surface area contributed by atoms with Crippen LogP contribution >= 0.6 is 23.8 Å². The molecule has 0 fully saturated rings. The molecule has 5 nitrogen and oxygen atoms in total. The fourth-order valence-electron chi connectivity index (χ4n) is 3.31. The lowest BCUT2D eigenvalue weighted by atomic mass is 10.0. The Labute approximate surface area is 179 Å². The standard InChI is InChI=1S/C22H21ClN4OS/c1-2-21-25-26-22(29)27(21)24-13-19-18-9-4-3-7-16(18)10-11-20(19)28-14-15-6-5-8-17(23)12-15/h3-12,24H,2,13-14H2,1H3,(H,26,29). The van der Waals surface area contributed by atoms with E-state index in [-0.39, 0.29) is 0 Å². The molecule has 29 heavy (non-hydrogen) atoms. The second-order valence-electron chi connectivity index (χ2n) is 6.65. The topological polar surface area (TPSA) is 54.9 Å². The highest BCUT2D eigenvalue weighted by Crippen LogP contribution is 2.29. The fraction of sp³-hybridized carbons (Fsp3) is 0.182. The number of rotatable bonds is 7. The number of halogens is 1. The van der Waals surface area contributed by atoms with Crippen LogP contribution in [0.25, 0.3) is 10.8 Å². The van der Waals surface area contributed by atoms with Gasteiger partial charge in [-0.05, 0) is 46.8 Å². The van der Waals surface area contributed by atoms with Gasteiger partial charge in [0.05, 0.1) is 6.54 Å². The van der Waals surface area contributed by atoms with E-state index >= 15 is 0 Å². The Hall–Kier alpha value is -2.83. The summed E-state index contributed by atoms with van der Waals surface area (Å²) >= 11 is 11.4. The zero-order chi connectivity index (χ0) is 20.2. The normalized spacial score (nSPS) is 11.0. The second-order valence-corrected chi connectivity index (χ2v) is 7.47. The minimum absolute atomic E-state index is 0.442. The minimum atomic E-state index is 0.442. The number of aromatic nitrogens is 3. The summed E-state index contributed by atoms with van der Waals surface area (Å²) in [6, 6.07) is 20.1. The van der Waals surface area contributed by atoms with Gasteiger partial charge in [0.25, 0.3) is 0 Å². The zero-order valence-electron chi connectivity index (χ0n) is 16.0. The largest absolute Gasteiger partial charge is 0.489 e. The average Bonchev–Trinajstić information content (AvgIpc) is 3.10. The summed E-state index contributed by atoms with van der Waals surface area (Å²) < 4.78 is 8.55. The molecule has 0 aliphatic heterocycles. The highest BCUT2D eigenvalue weighted by Gasteiger charge is 2.11. The van der Waals surface area contributed by atoms with Crippen molar-refractivity contribution in [2.75, 3.05) is 5.43 Å². The number of nitrogens with one attached hydrogen (secondary N) is 2. The van der Waals surface area contributed by atoms with Crippen LogP contribution in [0.4, 0.5) is 0 Å². The number of aryl methyl sites for hydroxylation is 1. The third-order valence-corrected chi connectivity index (χ3v) is 5.26. The molecule has 7 heteroatoms. The molecule has 148 valence electrons. The summed E-state index contributed by atoms with van der Waals surface area (Å²) in [5, 5.41) is 10.1. The van der Waals surface area contributed by atoms with Crippen LogP contribution in [0.5, 0.6) is 5.75 Å². The van der Waals surface area contributed by atoms with E-state index in [4.69, 9.17) is 28.6 Å². The first-order valence-electron chi connectivity index (χ1n) is 9.43. The van der Waals surface area contributed by atoms with Crippen LogP contribution in [-0.2, 0) is 19.6 Å². The van der Waals surface area contributed by atoms with E-state index in [0.29, 0.717) is 22.9 Å². The van der Waals surface area contributed by atoms with Crippen LogP contribution in [0.15, 0.2) is 60.7 Å². The molecule has 0 bridgehead atoms. The average molecular weight is 425 g/mol. The predicted octanol–water partition coefficient (Wildman–Crippen LogP) is 5.63. The van der Waals surface area contributed by atoms with Crippen molar-refractivity contribution < 1.29 is 4.74 Å². The van der Waals surface area contributed by atoms with E-state index in [0.717, 1.165) is 39.9 Å². The van der Waals surface area contributed by atoms with Gasteiger partial charge in [-0.1, -0.05) is 61.0 Å².